The van der Waals surface area contributed by atoms with Gasteiger partial charge in [0, 0.05) is 17.1 Å². The van der Waals surface area contributed by atoms with Crippen LogP contribution in [-0.4, -0.2) is 11.0 Å². The molecule has 2 aromatic carbocycles. The Labute approximate surface area is 158 Å². The van der Waals surface area contributed by atoms with Gasteiger partial charge in [-0.25, -0.2) is 4.39 Å². The Balaban J connectivity index is 1.59. The van der Waals surface area contributed by atoms with Crippen LogP contribution in [0.3, 0.4) is 0 Å². The predicted octanol–water partition coefficient (Wildman–Crippen LogP) is 5.71. The summed E-state index contributed by atoms with van der Waals surface area (Å²) in [5.74, 6) is -0.360. The molecule has 1 N–H and O–H groups in total. The number of carbonyl (C=O) groups excluding carboxylic acids is 1. The van der Waals surface area contributed by atoms with Crippen molar-refractivity contribution in [2.75, 3.05) is 0 Å². The molecule has 1 heterocycles. The molecule has 1 aliphatic carbocycles. The van der Waals surface area contributed by atoms with Crippen LogP contribution < -0.4 is 0 Å². The summed E-state index contributed by atoms with van der Waals surface area (Å²) in [5.41, 5.74) is 2.66. The Bertz CT molecular complexity index is 913. The lowest BCUT2D eigenvalue weighted by Gasteiger charge is -2.19. The van der Waals surface area contributed by atoms with Crippen molar-refractivity contribution in [3.05, 3.63) is 71.7 Å². The van der Waals surface area contributed by atoms with E-state index < -0.39 is 0 Å². The smallest absolute Gasteiger partial charge is 0.313 e. The summed E-state index contributed by atoms with van der Waals surface area (Å²) in [7, 11) is 0. The van der Waals surface area contributed by atoms with Crippen LogP contribution in [0.25, 0.3) is 10.9 Å². The van der Waals surface area contributed by atoms with Crippen molar-refractivity contribution < 1.29 is 13.9 Å². The van der Waals surface area contributed by atoms with Crippen molar-refractivity contribution in [2.45, 2.75) is 44.6 Å². The van der Waals surface area contributed by atoms with Gasteiger partial charge in [0.25, 0.3) is 0 Å². The number of aromatic nitrogens is 1. The van der Waals surface area contributed by atoms with Crippen LogP contribution in [0.15, 0.2) is 54.7 Å². The van der Waals surface area contributed by atoms with E-state index in [1.807, 2.05) is 36.5 Å². The average Bonchev–Trinajstić information content (AvgIpc) is 3.34. The summed E-state index contributed by atoms with van der Waals surface area (Å²) < 4.78 is 19.5. The number of carbonyl (C=O) groups is 1. The molecule has 0 spiro atoms. The first kappa shape index (κ1) is 17.8. The van der Waals surface area contributed by atoms with E-state index in [9.17, 15) is 9.18 Å². The van der Waals surface area contributed by atoms with E-state index in [0.717, 1.165) is 41.3 Å². The third-order valence-electron chi connectivity index (χ3n) is 5.60. The average molecular weight is 365 g/mol. The van der Waals surface area contributed by atoms with Crippen LogP contribution in [-0.2, 0) is 16.1 Å². The van der Waals surface area contributed by atoms with Crippen LogP contribution in [0.4, 0.5) is 4.39 Å². The van der Waals surface area contributed by atoms with E-state index in [1.54, 1.807) is 6.07 Å². The number of nitrogens with one attached hydrogen (secondary N) is 1. The topological polar surface area (TPSA) is 42.1 Å². The largest absolute Gasteiger partial charge is 0.460 e. The van der Waals surface area contributed by atoms with E-state index in [1.165, 1.54) is 25.0 Å². The minimum atomic E-state index is -0.368. The number of esters is 1. The first-order valence-electron chi connectivity index (χ1n) is 9.68. The predicted molar refractivity (Wildman–Crippen MR) is 104 cm³/mol. The van der Waals surface area contributed by atoms with E-state index in [-0.39, 0.29) is 24.3 Å². The summed E-state index contributed by atoms with van der Waals surface area (Å²) in [6, 6.07) is 14.4. The molecule has 0 bridgehead atoms. The van der Waals surface area contributed by atoms with E-state index in [0.29, 0.717) is 5.92 Å². The highest BCUT2D eigenvalue weighted by atomic mass is 19.1. The summed E-state index contributed by atoms with van der Waals surface area (Å²) in [5, 5.41) is 0.773. The second kappa shape index (κ2) is 7.95. The molecule has 3 nitrogen and oxygen atoms in total. The summed E-state index contributed by atoms with van der Waals surface area (Å²) in [4.78, 5) is 16.2. The number of hydrogen-bond donors (Lipinski definition) is 1. The molecular weight excluding hydrogens is 341 g/mol. The van der Waals surface area contributed by atoms with E-state index in [2.05, 4.69) is 4.98 Å². The van der Waals surface area contributed by atoms with Crippen molar-refractivity contribution in [1.82, 2.24) is 4.98 Å². The third-order valence-corrected chi connectivity index (χ3v) is 5.60. The zero-order valence-corrected chi connectivity index (χ0v) is 15.3. The van der Waals surface area contributed by atoms with Crippen molar-refractivity contribution >= 4 is 16.9 Å². The molecule has 1 saturated carbocycles. The zero-order chi connectivity index (χ0) is 18.6. The lowest BCUT2D eigenvalue weighted by Crippen LogP contribution is -2.18. The van der Waals surface area contributed by atoms with Gasteiger partial charge >= 0.3 is 5.97 Å². The fourth-order valence-corrected chi connectivity index (χ4v) is 4.16. The fraction of sp³-hybridized carbons (Fsp3) is 0.348. The lowest BCUT2D eigenvalue weighted by molar-refractivity contribution is -0.147. The number of fused-ring (bicyclic) bond motifs is 1. The summed E-state index contributed by atoms with van der Waals surface area (Å²) >= 11 is 0. The van der Waals surface area contributed by atoms with Gasteiger partial charge in [0.2, 0.25) is 0 Å². The first-order chi connectivity index (χ1) is 13.2. The zero-order valence-electron chi connectivity index (χ0n) is 15.3. The molecular formula is C23H24FNO2. The fourth-order valence-electron chi connectivity index (χ4n) is 4.16. The molecule has 4 heteroatoms. The highest BCUT2D eigenvalue weighted by Gasteiger charge is 2.29. The number of H-pyrrole nitrogens is 1. The van der Waals surface area contributed by atoms with Crippen LogP contribution in [0, 0.1) is 11.7 Å². The Morgan fingerprint density at radius 3 is 2.70 bits per heavy atom. The van der Waals surface area contributed by atoms with Gasteiger partial charge in [0.15, 0.2) is 0 Å². The molecule has 27 heavy (non-hydrogen) atoms. The number of ether oxygens (including phenoxy) is 1. The van der Waals surface area contributed by atoms with E-state index >= 15 is 0 Å². The minimum Gasteiger partial charge on any atom is -0.460 e. The van der Waals surface area contributed by atoms with Crippen molar-refractivity contribution in [1.29, 1.82) is 0 Å². The number of hydrogen-bond acceptors (Lipinski definition) is 2. The minimum absolute atomic E-state index is 0.226. The Hall–Kier alpha value is -2.62. The molecule has 0 saturated heterocycles. The number of aromatic amines is 1. The molecule has 1 fully saturated rings. The maximum absolute atomic E-state index is 13.8. The SMILES string of the molecule is O=C(OCc1ccccc1)C(CC1CCCC1)c1c[nH]c2ccc(F)cc12. The molecule has 1 unspecified atom stereocenters. The summed E-state index contributed by atoms with van der Waals surface area (Å²) in [6.45, 7) is 0.261. The molecule has 140 valence electrons. The van der Waals surface area contributed by atoms with Gasteiger partial charge in [-0.1, -0.05) is 56.0 Å². The van der Waals surface area contributed by atoms with Gasteiger partial charge < -0.3 is 9.72 Å². The van der Waals surface area contributed by atoms with Gasteiger partial charge in [-0.3, -0.25) is 4.79 Å². The molecule has 0 radical (unpaired) electrons. The van der Waals surface area contributed by atoms with Crippen molar-refractivity contribution in [3.8, 4) is 0 Å². The van der Waals surface area contributed by atoms with Crippen molar-refractivity contribution in [2.24, 2.45) is 5.92 Å². The highest BCUT2D eigenvalue weighted by Crippen LogP contribution is 2.37. The number of rotatable bonds is 6. The molecule has 4 rings (SSSR count). The molecule has 0 aliphatic heterocycles. The normalized spacial score (nSPS) is 15.9. The summed E-state index contributed by atoms with van der Waals surface area (Å²) in [6.07, 6.45) is 7.35. The van der Waals surface area contributed by atoms with Gasteiger partial charge in [0.05, 0.1) is 5.92 Å². The van der Waals surface area contributed by atoms with Crippen LogP contribution in [0.5, 0.6) is 0 Å². The number of benzene rings is 2. The standard InChI is InChI=1S/C23H24FNO2/c24-18-10-11-22-19(13-18)21(14-25-22)20(12-16-6-4-5-7-16)23(26)27-15-17-8-2-1-3-9-17/h1-3,8-11,13-14,16,20,25H,4-7,12,15H2. The second-order valence-electron chi connectivity index (χ2n) is 7.47. The monoisotopic (exact) mass is 365 g/mol. The second-order valence-corrected chi connectivity index (χ2v) is 7.47. The molecule has 3 aromatic rings. The van der Waals surface area contributed by atoms with Crippen molar-refractivity contribution in [3.63, 3.8) is 0 Å². The van der Waals surface area contributed by atoms with Crippen LogP contribution in [0.1, 0.15) is 49.1 Å². The molecule has 1 atom stereocenters. The maximum Gasteiger partial charge on any atom is 0.313 e. The Kier molecular flexibility index (Phi) is 5.23. The maximum atomic E-state index is 13.8. The quantitative estimate of drug-likeness (QED) is 0.568. The first-order valence-corrected chi connectivity index (χ1v) is 9.68. The third kappa shape index (κ3) is 4.05. The molecule has 0 amide bonds. The Morgan fingerprint density at radius 2 is 1.93 bits per heavy atom. The highest BCUT2D eigenvalue weighted by molar-refractivity contribution is 5.90. The van der Waals surface area contributed by atoms with Crippen LogP contribution >= 0.6 is 0 Å². The van der Waals surface area contributed by atoms with E-state index in [4.69, 9.17) is 4.74 Å². The molecule has 1 aliphatic rings. The van der Waals surface area contributed by atoms with Gasteiger partial charge in [-0.15, -0.1) is 0 Å². The lowest BCUT2D eigenvalue weighted by atomic mass is 9.87. The van der Waals surface area contributed by atoms with Gasteiger partial charge in [-0.2, -0.15) is 0 Å². The van der Waals surface area contributed by atoms with Gasteiger partial charge in [0.1, 0.15) is 12.4 Å². The molecule has 1 aromatic heterocycles. The number of halogens is 1. The van der Waals surface area contributed by atoms with Gasteiger partial charge in [-0.05, 0) is 41.7 Å². The van der Waals surface area contributed by atoms with Crippen LogP contribution in [0.2, 0.25) is 0 Å². The Morgan fingerprint density at radius 1 is 1.15 bits per heavy atom.